The van der Waals surface area contributed by atoms with Gasteiger partial charge in [-0.1, -0.05) is 24.3 Å². The molecule has 7 heteroatoms. The molecule has 5 rings (SSSR count). The first-order valence-electron chi connectivity index (χ1n) is 11.3. The highest BCUT2D eigenvalue weighted by Gasteiger charge is 2.24. The number of nitrogens with zero attached hydrogens (tertiary/aromatic N) is 3. The highest BCUT2D eigenvalue weighted by atomic mass is 32.1. The fraction of sp³-hybridized carbons (Fsp3) is 0.400. The average Bonchev–Trinajstić information content (AvgIpc) is 3.32. The van der Waals surface area contributed by atoms with Crippen molar-refractivity contribution >= 4 is 38.7 Å². The van der Waals surface area contributed by atoms with E-state index < -0.39 is 0 Å². The smallest absolute Gasteiger partial charge is 0.251 e. The van der Waals surface area contributed by atoms with E-state index in [1.54, 1.807) is 11.3 Å². The second kappa shape index (κ2) is 10.0. The number of hydrogen-bond acceptors (Lipinski definition) is 6. The van der Waals surface area contributed by atoms with Gasteiger partial charge in [-0.15, -0.1) is 11.3 Å². The zero-order valence-corrected chi connectivity index (χ0v) is 19.1. The fourth-order valence-electron chi connectivity index (χ4n) is 4.49. The van der Waals surface area contributed by atoms with Crippen LogP contribution in [0.1, 0.15) is 12.0 Å². The Morgan fingerprint density at radius 3 is 2.59 bits per heavy atom. The van der Waals surface area contributed by atoms with Gasteiger partial charge in [-0.2, -0.15) is 5.06 Å². The van der Waals surface area contributed by atoms with E-state index in [4.69, 9.17) is 9.57 Å². The van der Waals surface area contributed by atoms with Crippen LogP contribution in [-0.2, 0) is 20.8 Å². The van der Waals surface area contributed by atoms with Gasteiger partial charge in [0.05, 0.1) is 25.5 Å². The van der Waals surface area contributed by atoms with E-state index >= 15 is 0 Å². The minimum Gasteiger partial charge on any atom is -0.378 e. The number of ether oxygens (including phenoxy) is 1. The SMILES string of the molecule is O=C1CCc2ccccc2N1OCCOCCN1CCN(c2cccc3sccc23)CC1. The van der Waals surface area contributed by atoms with Crippen LogP contribution in [0.4, 0.5) is 11.4 Å². The van der Waals surface area contributed by atoms with Gasteiger partial charge in [-0.25, -0.2) is 0 Å². The van der Waals surface area contributed by atoms with Crippen LogP contribution in [-0.4, -0.2) is 63.4 Å². The van der Waals surface area contributed by atoms with Crippen LogP contribution in [0.15, 0.2) is 53.9 Å². The number of amides is 1. The minimum atomic E-state index is 0.0136. The van der Waals surface area contributed by atoms with Gasteiger partial charge < -0.3 is 9.64 Å². The molecule has 2 aromatic carbocycles. The van der Waals surface area contributed by atoms with E-state index in [2.05, 4.69) is 45.5 Å². The summed E-state index contributed by atoms with van der Waals surface area (Å²) in [6.07, 6.45) is 1.27. The summed E-state index contributed by atoms with van der Waals surface area (Å²) in [4.78, 5) is 22.9. The highest BCUT2D eigenvalue weighted by molar-refractivity contribution is 7.17. The normalized spacial score (nSPS) is 17.2. The largest absolute Gasteiger partial charge is 0.378 e. The van der Waals surface area contributed by atoms with Gasteiger partial charge in [0.1, 0.15) is 0 Å². The van der Waals surface area contributed by atoms with E-state index in [-0.39, 0.29) is 5.91 Å². The van der Waals surface area contributed by atoms with E-state index in [1.165, 1.54) is 20.8 Å². The summed E-state index contributed by atoms with van der Waals surface area (Å²) in [6.45, 7) is 6.60. The molecule has 2 aliphatic rings. The van der Waals surface area contributed by atoms with E-state index in [9.17, 15) is 4.79 Å². The lowest BCUT2D eigenvalue weighted by Gasteiger charge is -2.36. The molecule has 1 aromatic heterocycles. The number of para-hydroxylation sites is 1. The summed E-state index contributed by atoms with van der Waals surface area (Å²) in [5, 5.41) is 4.98. The summed E-state index contributed by atoms with van der Waals surface area (Å²) in [7, 11) is 0. The van der Waals surface area contributed by atoms with Crippen LogP contribution >= 0.6 is 11.3 Å². The molecule has 32 heavy (non-hydrogen) atoms. The maximum Gasteiger partial charge on any atom is 0.251 e. The molecule has 6 nitrogen and oxygen atoms in total. The van der Waals surface area contributed by atoms with E-state index in [0.717, 1.165) is 50.4 Å². The highest BCUT2D eigenvalue weighted by Crippen LogP contribution is 2.31. The van der Waals surface area contributed by atoms with Crippen LogP contribution in [0.2, 0.25) is 0 Å². The maximum atomic E-state index is 12.2. The van der Waals surface area contributed by atoms with Crippen LogP contribution in [0, 0.1) is 0 Å². The number of benzene rings is 2. The molecule has 3 aromatic rings. The first-order valence-corrected chi connectivity index (χ1v) is 12.2. The van der Waals surface area contributed by atoms with Crippen LogP contribution in [0.3, 0.4) is 0 Å². The van der Waals surface area contributed by atoms with Crippen molar-refractivity contribution in [2.45, 2.75) is 12.8 Å². The Morgan fingerprint density at radius 2 is 1.69 bits per heavy atom. The molecule has 3 heterocycles. The van der Waals surface area contributed by atoms with E-state index in [1.807, 2.05) is 18.2 Å². The van der Waals surface area contributed by atoms with Crippen molar-refractivity contribution in [2.24, 2.45) is 0 Å². The predicted octanol–water partition coefficient (Wildman–Crippen LogP) is 3.95. The van der Waals surface area contributed by atoms with Crippen molar-refractivity contribution in [3.8, 4) is 0 Å². The van der Waals surface area contributed by atoms with Gasteiger partial charge in [0.2, 0.25) is 0 Å². The van der Waals surface area contributed by atoms with Crippen LogP contribution in [0.5, 0.6) is 0 Å². The molecular weight excluding hydrogens is 422 g/mol. The standard InChI is InChI=1S/C25H29N3O3S/c29-25-9-8-20-4-1-2-5-22(20)28(25)31-18-17-30-16-15-26-11-13-27(14-12-26)23-6-3-7-24-21(23)10-19-32-24/h1-7,10,19H,8-9,11-18H2. The lowest BCUT2D eigenvalue weighted by atomic mass is 10.0. The summed E-state index contributed by atoms with van der Waals surface area (Å²) in [5.41, 5.74) is 3.37. The second-order valence-corrected chi connectivity index (χ2v) is 9.15. The first-order chi connectivity index (χ1) is 15.8. The number of hydrogen-bond donors (Lipinski definition) is 0. The molecule has 0 saturated carbocycles. The lowest BCUT2D eigenvalue weighted by Crippen LogP contribution is -2.47. The van der Waals surface area contributed by atoms with Gasteiger partial charge >= 0.3 is 0 Å². The third-order valence-electron chi connectivity index (χ3n) is 6.23. The average molecular weight is 452 g/mol. The van der Waals surface area contributed by atoms with Crippen LogP contribution in [0.25, 0.3) is 10.1 Å². The molecule has 0 spiro atoms. The number of thiophene rings is 1. The van der Waals surface area contributed by atoms with Gasteiger partial charge in [-0.3, -0.25) is 14.5 Å². The van der Waals surface area contributed by atoms with Crippen molar-refractivity contribution in [3.05, 3.63) is 59.5 Å². The molecule has 1 amide bonds. The van der Waals surface area contributed by atoms with Crippen LogP contribution < -0.4 is 9.96 Å². The third-order valence-corrected chi connectivity index (χ3v) is 7.11. The lowest BCUT2D eigenvalue weighted by molar-refractivity contribution is -0.127. The quantitative estimate of drug-likeness (QED) is 0.485. The Labute approximate surface area is 192 Å². The Kier molecular flexibility index (Phi) is 6.69. The Balaban J connectivity index is 1.01. The number of aryl methyl sites for hydroxylation is 1. The molecule has 0 radical (unpaired) electrons. The second-order valence-electron chi connectivity index (χ2n) is 8.20. The number of carbonyl (C=O) groups is 1. The molecule has 0 N–H and O–H groups in total. The molecule has 0 aliphatic carbocycles. The zero-order chi connectivity index (χ0) is 21.8. The predicted molar refractivity (Wildman–Crippen MR) is 129 cm³/mol. The molecule has 1 saturated heterocycles. The number of anilines is 2. The van der Waals surface area contributed by atoms with Gasteiger partial charge in [0, 0.05) is 54.9 Å². The van der Waals surface area contributed by atoms with Gasteiger partial charge in [-0.05, 0) is 41.6 Å². The molecule has 2 aliphatic heterocycles. The summed E-state index contributed by atoms with van der Waals surface area (Å²) < 4.78 is 7.15. The topological polar surface area (TPSA) is 45.3 Å². The number of rotatable bonds is 8. The zero-order valence-electron chi connectivity index (χ0n) is 18.2. The number of hydroxylamine groups is 1. The fourth-order valence-corrected chi connectivity index (χ4v) is 5.30. The molecule has 0 bridgehead atoms. The van der Waals surface area contributed by atoms with Crippen molar-refractivity contribution in [1.29, 1.82) is 0 Å². The molecular formula is C25H29N3O3S. The molecule has 168 valence electrons. The summed E-state index contributed by atoms with van der Waals surface area (Å²) in [6, 6.07) is 16.7. The van der Waals surface area contributed by atoms with Gasteiger partial charge in [0.25, 0.3) is 5.91 Å². The monoisotopic (exact) mass is 451 g/mol. The molecule has 0 atom stereocenters. The van der Waals surface area contributed by atoms with Crippen molar-refractivity contribution in [3.63, 3.8) is 0 Å². The number of piperazine rings is 1. The van der Waals surface area contributed by atoms with Gasteiger partial charge in [0.15, 0.2) is 0 Å². The van der Waals surface area contributed by atoms with Crippen molar-refractivity contribution in [2.75, 3.05) is 62.5 Å². The summed E-state index contributed by atoms with van der Waals surface area (Å²) >= 11 is 1.80. The number of fused-ring (bicyclic) bond motifs is 2. The third kappa shape index (κ3) is 4.66. The van der Waals surface area contributed by atoms with E-state index in [0.29, 0.717) is 26.2 Å². The minimum absolute atomic E-state index is 0.0136. The maximum absolute atomic E-state index is 12.2. The summed E-state index contributed by atoms with van der Waals surface area (Å²) in [5.74, 6) is 0.0136. The number of carbonyl (C=O) groups excluding carboxylic acids is 1. The van der Waals surface area contributed by atoms with Crippen molar-refractivity contribution in [1.82, 2.24) is 4.90 Å². The molecule has 1 fully saturated rings. The van der Waals surface area contributed by atoms with Crippen molar-refractivity contribution < 1.29 is 14.4 Å². The Morgan fingerprint density at radius 1 is 0.844 bits per heavy atom. The Hall–Kier alpha value is -2.45. The first kappa shape index (κ1) is 21.4. The molecule has 0 unspecified atom stereocenters. The Bertz CT molecular complexity index is 1060.